The van der Waals surface area contributed by atoms with Gasteiger partial charge in [0.15, 0.2) is 11.6 Å². The van der Waals surface area contributed by atoms with Crippen LogP contribution in [-0.4, -0.2) is 34.6 Å². The molecular formula is C20H22FN3O3S. The lowest BCUT2D eigenvalue weighted by atomic mass is 9.78. The molecule has 1 heterocycles. The van der Waals surface area contributed by atoms with Crippen LogP contribution in [0, 0.1) is 5.82 Å². The van der Waals surface area contributed by atoms with Crippen molar-refractivity contribution in [1.29, 1.82) is 0 Å². The lowest BCUT2D eigenvalue weighted by molar-refractivity contribution is 0.181. The van der Waals surface area contributed by atoms with Crippen LogP contribution >= 0.6 is 13.5 Å². The first-order valence-corrected chi connectivity index (χ1v) is 8.71. The Bertz CT molecular complexity index is 995. The molecule has 1 aromatic heterocycles. The first kappa shape index (κ1) is 20.3. The van der Waals surface area contributed by atoms with Gasteiger partial charge in [0.25, 0.3) is 0 Å². The molecule has 2 aromatic carbocycles. The van der Waals surface area contributed by atoms with E-state index in [0.717, 1.165) is 24.0 Å². The number of rotatable bonds is 4. The fraction of sp³-hybridized carbons (Fsp3) is 0.300. The zero-order chi connectivity index (χ0) is 19.0. The molecule has 28 heavy (non-hydrogen) atoms. The number of nitrogens with two attached hydrogens (primary N) is 1. The third-order valence-electron chi connectivity index (χ3n) is 5.03. The van der Waals surface area contributed by atoms with E-state index >= 15 is 0 Å². The lowest BCUT2D eigenvalue weighted by Crippen LogP contribution is -2.48. The molecule has 0 unspecified atom stereocenters. The summed E-state index contributed by atoms with van der Waals surface area (Å²) in [5, 5.41) is 17.7. The molecule has 0 saturated carbocycles. The first-order valence-electron chi connectivity index (χ1n) is 8.71. The minimum absolute atomic E-state index is 0. The number of halogens is 1. The number of nitrogens with zero attached hydrogens (tertiary/aromatic N) is 2. The summed E-state index contributed by atoms with van der Waals surface area (Å²) >= 11 is 0. The highest BCUT2D eigenvalue weighted by Gasteiger charge is 2.30. The van der Waals surface area contributed by atoms with Crippen LogP contribution in [0.4, 0.5) is 4.39 Å². The molecule has 0 amide bonds. The van der Waals surface area contributed by atoms with E-state index in [-0.39, 0.29) is 31.7 Å². The molecule has 0 fully saturated rings. The van der Waals surface area contributed by atoms with Gasteiger partial charge in [0.05, 0.1) is 13.7 Å². The molecule has 8 heteroatoms. The molecule has 6 nitrogen and oxygen atoms in total. The maximum atomic E-state index is 13.9. The Morgan fingerprint density at radius 3 is 2.46 bits per heavy atom. The molecule has 1 atom stereocenters. The van der Waals surface area contributed by atoms with E-state index in [2.05, 4.69) is 10.2 Å². The van der Waals surface area contributed by atoms with Gasteiger partial charge in [-0.25, -0.2) is 4.39 Å². The molecule has 0 bridgehead atoms. The van der Waals surface area contributed by atoms with Gasteiger partial charge in [0.2, 0.25) is 11.8 Å². The number of methoxy groups -OCH3 is 1. The van der Waals surface area contributed by atoms with Gasteiger partial charge in [0.1, 0.15) is 0 Å². The fourth-order valence-electron chi connectivity index (χ4n) is 3.41. The van der Waals surface area contributed by atoms with E-state index in [0.29, 0.717) is 17.9 Å². The van der Waals surface area contributed by atoms with Gasteiger partial charge in [-0.2, -0.15) is 13.5 Å². The first-order chi connectivity index (χ1) is 13.0. The second kappa shape index (κ2) is 7.90. The van der Waals surface area contributed by atoms with Crippen LogP contribution in [0.2, 0.25) is 0 Å². The van der Waals surface area contributed by atoms with Crippen LogP contribution in [0.1, 0.15) is 17.5 Å². The van der Waals surface area contributed by atoms with E-state index in [1.165, 1.54) is 24.8 Å². The van der Waals surface area contributed by atoms with Crippen molar-refractivity contribution in [2.75, 3.05) is 13.7 Å². The fourth-order valence-corrected chi connectivity index (χ4v) is 3.41. The molecule has 3 N–H and O–H groups in total. The molecule has 0 saturated heterocycles. The van der Waals surface area contributed by atoms with Crippen LogP contribution in [-0.2, 0) is 12.8 Å². The number of hydrogen-bond acceptors (Lipinski definition) is 6. The third kappa shape index (κ3) is 3.76. The maximum absolute atomic E-state index is 13.9. The Morgan fingerprint density at radius 1 is 1.14 bits per heavy atom. The summed E-state index contributed by atoms with van der Waals surface area (Å²) in [4.78, 5) is 0. The van der Waals surface area contributed by atoms with Gasteiger partial charge in [-0.3, -0.25) is 0 Å². The van der Waals surface area contributed by atoms with Crippen LogP contribution in [0.3, 0.4) is 0 Å². The minimum atomic E-state index is -0.591. The highest BCUT2D eigenvalue weighted by atomic mass is 32.1. The number of fused-ring (bicyclic) bond motifs is 1. The molecular weight excluding hydrogens is 381 g/mol. The van der Waals surface area contributed by atoms with Crippen molar-refractivity contribution in [3.8, 4) is 28.7 Å². The van der Waals surface area contributed by atoms with E-state index in [1.54, 1.807) is 6.07 Å². The maximum Gasteiger partial charge on any atom is 0.248 e. The molecule has 0 spiro atoms. The quantitative estimate of drug-likeness (QED) is 0.696. The summed E-state index contributed by atoms with van der Waals surface area (Å²) in [6.45, 7) is -0.0512. The Kier molecular flexibility index (Phi) is 5.74. The Labute approximate surface area is 169 Å². The minimum Gasteiger partial charge on any atom is -0.494 e. The standard InChI is InChI=1S/C20H20FN3O3.H2S/c1-26-17-5-4-14(9-16(17)21)19-24-23-18(27-19)13-3-2-12-6-7-20(22,11-25)10-15(12)8-13;/h2-5,8-9,25H,6-7,10-11,22H2,1H3;1H2/t20-;/m0./s1. The number of aromatic nitrogens is 2. The normalized spacial score (nSPS) is 18.3. The van der Waals surface area contributed by atoms with Gasteiger partial charge in [-0.1, -0.05) is 6.07 Å². The number of aliphatic hydroxyl groups is 1. The Balaban J connectivity index is 0.00000225. The average molecular weight is 403 g/mol. The van der Waals surface area contributed by atoms with Crippen LogP contribution in [0.25, 0.3) is 22.9 Å². The Morgan fingerprint density at radius 2 is 1.82 bits per heavy atom. The average Bonchev–Trinajstić information content (AvgIpc) is 3.17. The van der Waals surface area contributed by atoms with Crippen LogP contribution in [0.15, 0.2) is 40.8 Å². The largest absolute Gasteiger partial charge is 0.494 e. The predicted molar refractivity (Wildman–Crippen MR) is 108 cm³/mol. The van der Waals surface area contributed by atoms with Crippen molar-refractivity contribution in [2.24, 2.45) is 5.73 Å². The third-order valence-corrected chi connectivity index (χ3v) is 5.03. The summed E-state index contributed by atoms with van der Waals surface area (Å²) in [6.07, 6.45) is 2.17. The molecule has 1 aliphatic rings. The van der Waals surface area contributed by atoms with Crippen LogP contribution in [0.5, 0.6) is 5.75 Å². The zero-order valence-electron chi connectivity index (χ0n) is 15.4. The van der Waals surface area contributed by atoms with Crippen molar-refractivity contribution < 1.29 is 18.7 Å². The van der Waals surface area contributed by atoms with Crippen molar-refractivity contribution in [2.45, 2.75) is 24.8 Å². The van der Waals surface area contributed by atoms with E-state index in [4.69, 9.17) is 14.9 Å². The summed E-state index contributed by atoms with van der Waals surface area (Å²) < 4.78 is 24.6. The SMILES string of the molecule is COc1ccc(-c2nnc(-c3ccc4c(c3)C[C@](N)(CO)CC4)o2)cc1F.S. The van der Waals surface area contributed by atoms with Crippen molar-refractivity contribution in [1.82, 2.24) is 10.2 Å². The number of aryl methyl sites for hydroxylation is 1. The molecule has 0 aliphatic heterocycles. The van der Waals surface area contributed by atoms with Gasteiger partial charge < -0.3 is 20.0 Å². The van der Waals surface area contributed by atoms with Gasteiger partial charge >= 0.3 is 0 Å². The Hall–Kier alpha value is -2.42. The van der Waals surface area contributed by atoms with Gasteiger partial charge in [-0.15, -0.1) is 10.2 Å². The summed E-state index contributed by atoms with van der Waals surface area (Å²) in [6, 6.07) is 10.4. The lowest BCUT2D eigenvalue weighted by Gasteiger charge is -2.33. The van der Waals surface area contributed by atoms with E-state index in [1.807, 2.05) is 18.2 Å². The summed E-state index contributed by atoms with van der Waals surface area (Å²) in [5.74, 6) is 0.239. The second-order valence-electron chi connectivity index (χ2n) is 6.94. The van der Waals surface area contributed by atoms with Crippen LogP contribution < -0.4 is 10.5 Å². The van der Waals surface area contributed by atoms with Gasteiger partial charge in [0, 0.05) is 16.7 Å². The predicted octanol–water partition coefficient (Wildman–Crippen LogP) is 2.84. The van der Waals surface area contributed by atoms with Gasteiger partial charge in [-0.05, 0) is 60.7 Å². The van der Waals surface area contributed by atoms with Crippen molar-refractivity contribution >= 4 is 13.5 Å². The highest BCUT2D eigenvalue weighted by molar-refractivity contribution is 7.59. The number of ether oxygens (including phenoxy) is 1. The van der Waals surface area contributed by atoms with E-state index < -0.39 is 11.4 Å². The monoisotopic (exact) mass is 403 g/mol. The number of hydrogen-bond donors (Lipinski definition) is 2. The summed E-state index contributed by atoms with van der Waals surface area (Å²) in [5.41, 5.74) is 9.17. The van der Waals surface area contributed by atoms with Crippen molar-refractivity contribution in [3.05, 3.63) is 53.3 Å². The molecule has 3 aromatic rings. The molecule has 1 aliphatic carbocycles. The second-order valence-corrected chi connectivity index (χ2v) is 6.94. The molecule has 148 valence electrons. The summed E-state index contributed by atoms with van der Waals surface area (Å²) in [7, 11) is 1.41. The smallest absolute Gasteiger partial charge is 0.248 e. The molecule has 4 rings (SSSR count). The number of aliphatic hydroxyl groups excluding tert-OH is 1. The number of benzene rings is 2. The van der Waals surface area contributed by atoms with E-state index in [9.17, 15) is 9.50 Å². The topological polar surface area (TPSA) is 94.4 Å². The van der Waals surface area contributed by atoms with Crippen molar-refractivity contribution in [3.63, 3.8) is 0 Å². The zero-order valence-corrected chi connectivity index (χ0v) is 16.4. The molecule has 0 radical (unpaired) electrons. The highest BCUT2D eigenvalue weighted by Crippen LogP contribution is 2.32.